The van der Waals surface area contributed by atoms with Crippen LogP contribution < -0.4 is 15.0 Å². The number of rotatable bonds is 8. The number of hydrogen-bond donors (Lipinski definition) is 2. The highest BCUT2D eigenvalue weighted by atomic mass is 19.4. The van der Waals surface area contributed by atoms with Crippen LogP contribution in [0.25, 0.3) is 0 Å². The Kier molecular flexibility index (Phi) is 8.84. The summed E-state index contributed by atoms with van der Waals surface area (Å²) in [4.78, 5) is 42.3. The molecule has 1 amide bonds. The number of oxime groups is 1. The molecule has 7 saturated carbocycles. The van der Waals surface area contributed by atoms with E-state index < -0.39 is 40.8 Å². The average molecular weight is 772 g/mol. The van der Waals surface area contributed by atoms with Crippen LogP contribution in [0.4, 0.5) is 33.6 Å². The van der Waals surface area contributed by atoms with Gasteiger partial charge in [0.15, 0.2) is 5.69 Å². The van der Waals surface area contributed by atoms with Gasteiger partial charge in [0.25, 0.3) is 11.8 Å². The summed E-state index contributed by atoms with van der Waals surface area (Å²) >= 11 is 0. The molecule has 7 fully saturated rings. The van der Waals surface area contributed by atoms with Crippen molar-refractivity contribution in [1.29, 1.82) is 0 Å². The number of aromatic nitrogens is 2. The summed E-state index contributed by atoms with van der Waals surface area (Å²) in [6.07, 6.45) is 5.98. The van der Waals surface area contributed by atoms with Crippen molar-refractivity contribution in [2.24, 2.45) is 28.8 Å². The van der Waals surface area contributed by atoms with Gasteiger partial charge in [-0.1, -0.05) is 24.4 Å². The lowest BCUT2D eigenvalue weighted by Gasteiger charge is -2.59. The zero-order valence-corrected chi connectivity index (χ0v) is 30.6. The Hall–Kier alpha value is -4.04. The molecule has 1 aromatic carbocycles. The Balaban J connectivity index is 0.948. The van der Waals surface area contributed by atoms with Gasteiger partial charge in [-0.3, -0.25) is 4.79 Å². The number of nitrogens with one attached hydrogen (secondary N) is 1. The Bertz CT molecular complexity index is 1850. The molecule has 2 N–H and O–H groups in total. The molecule has 0 atom stereocenters. The molecule has 4 bridgehead atoms. The minimum atomic E-state index is -5.00. The van der Waals surface area contributed by atoms with Crippen LogP contribution in [0.3, 0.4) is 0 Å². The van der Waals surface area contributed by atoms with E-state index in [4.69, 9.17) is 9.57 Å². The van der Waals surface area contributed by atoms with Crippen molar-refractivity contribution < 1.29 is 46.2 Å². The van der Waals surface area contributed by atoms with Crippen LogP contribution in [-0.2, 0) is 21.2 Å². The van der Waals surface area contributed by atoms with Crippen molar-refractivity contribution in [1.82, 2.24) is 15.3 Å². The summed E-state index contributed by atoms with van der Waals surface area (Å²) in [5, 5.41) is 17.1. The van der Waals surface area contributed by atoms with Crippen molar-refractivity contribution in [3.05, 3.63) is 41.2 Å². The largest absolute Gasteiger partial charge is 0.490 e. The number of ether oxygens (including phenoxy) is 1. The molecule has 7 aliphatic carbocycles. The zero-order valence-electron chi connectivity index (χ0n) is 30.6. The third-order valence-electron chi connectivity index (χ3n) is 13.9. The number of anilines is 2. The minimum Gasteiger partial charge on any atom is -0.490 e. The van der Waals surface area contributed by atoms with Gasteiger partial charge in [-0.05, 0) is 118 Å². The maximum Gasteiger partial charge on any atom is 0.434 e. The second-order valence-electron chi connectivity index (χ2n) is 17.5. The van der Waals surface area contributed by atoms with E-state index in [0.29, 0.717) is 86.9 Å². The van der Waals surface area contributed by atoms with Crippen molar-refractivity contribution in [3.63, 3.8) is 0 Å². The highest BCUT2D eigenvalue weighted by Gasteiger charge is 2.62. The van der Waals surface area contributed by atoms with Crippen LogP contribution in [-0.4, -0.2) is 62.9 Å². The van der Waals surface area contributed by atoms with Crippen LogP contribution in [0.5, 0.6) is 5.75 Å². The standard InChI is InChI=1S/C40H46F5N5O5/c41-38(42)18-26(19-38)49-55-28-6-4-27(5-7-28)54-29-8-9-32-31(17-29)37(10-2-1-3-11-37)21-50(32)36-46-20-30(33(47-36)40(43,44)45)34(51)48-39(35(52)53)24-13-22-12-23(15-24)16-25(39)14-22/h8-9,17,20,22-25,27-28H,1-7,10-16,18-19,21H2,(H,48,51)(H,52,53)/t22?,23?,24?,25?,27-,28+,39?. The fourth-order valence-corrected chi connectivity index (χ4v) is 11.4. The topological polar surface area (TPSA) is 126 Å². The number of hydrogen-bond acceptors (Lipinski definition) is 8. The van der Waals surface area contributed by atoms with Gasteiger partial charge in [0, 0.05) is 23.8 Å². The van der Waals surface area contributed by atoms with E-state index in [2.05, 4.69) is 20.4 Å². The third-order valence-corrected chi connectivity index (χ3v) is 13.9. The SMILES string of the molecule is O=C(NC1(C(=O)O)C2CC3CC(C2)CC1C3)c1cnc(N2CC3(CCCCC3)c3cc(O[C@H]4CC[C@@H](ON=C5CC(F)(F)C5)CC4)ccc32)nc1C(F)(F)F. The molecule has 8 aliphatic rings. The molecule has 55 heavy (non-hydrogen) atoms. The minimum absolute atomic E-state index is 0.0890. The number of carboxylic acid groups (broad SMARTS) is 1. The number of alkyl halides is 5. The number of benzene rings is 1. The van der Waals surface area contributed by atoms with Gasteiger partial charge >= 0.3 is 12.1 Å². The molecular weight excluding hydrogens is 725 g/mol. The molecular formula is C40H46F5N5O5. The predicted molar refractivity (Wildman–Crippen MR) is 189 cm³/mol. The van der Waals surface area contributed by atoms with Gasteiger partial charge in [0.2, 0.25) is 5.95 Å². The first-order valence-electron chi connectivity index (χ1n) is 19.9. The van der Waals surface area contributed by atoms with Crippen molar-refractivity contribution >= 4 is 29.2 Å². The van der Waals surface area contributed by atoms with E-state index in [1.807, 2.05) is 18.2 Å². The molecule has 15 heteroatoms. The van der Waals surface area contributed by atoms with Crippen molar-refractivity contribution in [2.75, 3.05) is 11.4 Å². The van der Waals surface area contributed by atoms with E-state index >= 15 is 0 Å². The normalized spacial score (nSPS) is 32.8. The Labute approximate surface area is 315 Å². The number of fused-ring (bicyclic) bond motifs is 2. The Morgan fingerprint density at radius 1 is 0.927 bits per heavy atom. The second-order valence-corrected chi connectivity index (χ2v) is 17.5. The van der Waals surface area contributed by atoms with Gasteiger partial charge in [-0.2, -0.15) is 13.2 Å². The summed E-state index contributed by atoms with van der Waals surface area (Å²) in [6, 6.07) is 5.64. The molecule has 2 aromatic rings. The number of amides is 1. The van der Waals surface area contributed by atoms with Crippen molar-refractivity contribution in [2.45, 2.75) is 138 Å². The van der Waals surface area contributed by atoms with Crippen molar-refractivity contribution in [3.8, 4) is 5.75 Å². The Morgan fingerprint density at radius 3 is 2.20 bits per heavy atom. The first kappa shape index (κ1) is 36.6. The number of carboxylic acids is 1. The molecule has 10 nitrogen and oxygen atoms in total. The van der Waals surface area contributed by atoms with Gasteiger partial charge in [-0.25, -0.2) is 23.5 Å². The summed E-state index contributed by atoms with van der Waals surface area (Å²) in [7, 11) is 0. The highest BCUT2D eigenvalue weighted by Crippen LogP contribution is 2.59. The van der Waals surface area contributed by atoms with E-state index in [1.165, 1.54) is 0 Å². The molecule has 10 rings (SSSR count). The quantitative estimate of drug-likeness (QED) is 0.203. The van der Waals surface area contributed by atoms with E-state index in [-0.39, 0.29) is 48.2 Å². The second kappa shape index (κ2) is 13.3. The van der Waals surface area contributed by atoms with Gasteiger partial charge in [0.05, 0.1) is 30.2 Å². The predicted octanol–water partition coefficient (Wildman–Crippen LogP) is 8.35. The number of carbonyl (C=O) groups excluding carboxylic acids is 1. The first-order chi connectivity index (χ1) is 26.2. The fraction of sp³-hybridized carbons (Fsp3) is 0.675. The van der Waals surface area contributed by atoms with E-state index in [9.17, 15) is 36.6 Å². The summed E-state index contributed by atoms with van der Waals surface area (Å²) in [5.74, 6) is -4.38. The van der Waals surface area contributed by atoms with E-state index in [0.717, 1.165) is 50.3 Å². The van der Waals surface area contributed by atoms with Crippen LogP contribution in [0, 0.1) is 23.7 Å². The number of halogens is 5. The van der Waals surface area contributed by atoms with Crippen LogP contribution >= 0.6 is 0 Å². The highest BCUT2D eigenvalue weighted by molar-refractivity contribution is 5.99. The monoisotopic (exact) mass is 771 g/mol. The third kappa shape index (κ3) is 6.50. The lowest BCUT2D eigenvalue weighted by molar-refractivity contribution is -0.163. The zero-order chi connectivity index (χ0) is 38.3. The van der Waals surface area contributed by atoms with E-state index in [1.54, 1.807) is 4.90 Å². The van der Waals surface area contributed by atoms with Crippen LogP contribution in [0.1, 0.15) is 124 Å². The van der Waals surface area contributed by atoms with Gasteiger partial charge < -0.3 is 24.9 Å². The lowest BCUT2D eigenvalue weighted by atomic mass is 9.48. The molecule has 2 heterocycles. The number of aliphatic carboxylic acids is 1. The summed E-state index contributed by atoms with van der Waals surface area (Å²) in [5.41, 5.74) is -2.08. The molecule has 0 saturated heterocycles. The number of carbonyl (C=O) groups is 2. The molecule has 0 radical (unpaired) electrons. The smallest absolute Gasteiger partial charge is 0.434 e. The maximum absolute atomic E-state index is 14.8. The fourth-order valence-electron chi connectivity index (χ4n) is 11.4. The molecule has 296 valence electrons. The van der Waals surface area contributed by atoms with Crippen LogP contribution in [0.15, 0.2) is 29.6 Å². The maximum atomic E-state index is 14.8. The number of nitrogens with zero attached hydrogens (tertiary/aromatic N) is 4. The first-order valence-corrected chi connectivity index (χ1v) is 19.9. The Morgan fingerprint density at radius 2 is 1.58 bits per heavy atom. The van der Waals surface area contributed by atoms with Gasteiger partial charge in [0.1, 0.15) is 17.4 Å². The molecule has 0 unspecified atom stereocenters. The lowest BCUT2D eigenvalue weighted by Crippen LogP contribution is -2.70. The summed E-state index contributed by atoms with van der Waals surface area (Å²) < 4.78 is 77.1. The molecule has 1 aliphatic heterocycles. The average Bonchev–Trinajstić information content (AvgIpc) is 3.43. The molecule has 1 aromatic heterocycles. The molecule has 1 spiro atoms. The van der Waals surface area contributed by atoms with Gasteiger partial charge in [-0.15, -0.1) is 0 Å². The van der Waals surface area contributed by atoms with Crippen LogP contribution in [0.2, 0.25) is 0 Å². The summed E-state index contributed by atoms with van der Waals surface area (Å²) in [6.45, 7) is 0.374.